The van der Waals surface area contributed by atoms with Crippen LogP contribution in [0.25, 0.3) is 0 Å². The SMILES string of the molecule is COc1ccc(OC)c(NC(=O)N2CCN(c3ccc(Cl)cc3)CC2)c1. The zero-order valence-electron chi connectivity index (χ0n) is 14.9. The van der Waals surface area contributed by atoms with Crippen molar-refractivity contribution >= 4 is 29.0 Å². The number of benzene rings is 2. The minimum Gasteiger partial charge on any atom is -0.497 e. The Morgan fingerprint density at radius 2 is 1.69 bits per heavy atom. The fraction of sp³-hybridized carbons (Fsp3) is 0.316. The maximum absolute atomic E-state index is 12.6. The molecule has 1 heterocycles. The van der Waals surface area contributed by atoms with Crippen LogP contribution in [0.2, 0.25) is 5.02 Å². The summed E-state index contributed by atoms with van der Waals surface area (Å²) in [6, 6.07) is 12.9. The van der Waals surface area contributed by atoms with Crippen molar-refractivity contribution < 1.29 is 14.3 Å². The lowest BCUT2D eigenvalue weighted by Crippen LogP contribution is -2.50. The summed E-state index contributed by atoms with van der Waals surface area (Å²) in [5.41, 5.74) is 1.71. The van der Waals surface area contributed by atoms with Gasteiger partial charge in [-0.1, -0.05) is 11.6 Å². The van der Waals surface area contributed by atoms with Crippen LogP contribution >= 0.6 is 11.6 Å². The molecule has 0 radical (unpaired) electrons. The van der Waals surface area contributed by atoms with E-state index in [4.69, 9.17) is 21.1 Å². The van der Waals surface area contributed by atoms with E-state index in [0.717, 1.165) is 23.8 Å². The number of hydrogen-bond acceptors (Lipinski definition) is 4. The Morgan fingerprint density at radius 3 is 2.31 bits per heavy atom. The van der Waals surface area contributed by atoms with E-state index in [1.54, 1.807) is 37.3 Å². The molecule has 0 unspecified atom stereocenters. The van der Waals surface area contributed by atoms with Gasteiger partial charge in [0.05, 0.1) is 19.9 Å². The number of nitrogens with one attached hydrogen (secondary N) is 1. The average Bonchev–Trinajstić information content (AvgIpc) is 2.68. The molecule has 1 N–H and O–H groups in total. The molecule has 7 heteroatoms. The molecule has 0 aliphatic carbocycles. The minimum atomic E-state index is -0.146. The molecule has 138 valence electrons. The lowest BCUT2D eigenvalue weighted by Gasteiger charge is -2.36. The third-order valence-corrected chi connectivity index (χ3v) is 4.66. The van der Waals surface area contributed by atoms with Gasteiger partial charge in [0.2, 0.25) is 0 Å². The molecule has 6 nitrogen and oxygen atoms in total. The molecule has 1 aliphatic heterocycles. The summed E-state index contributed by atoms with van der Waals surface area (Å²) in [5.74, 6) is 1.26. The van der Waals surface area contributed by atoms with E-state index < -0.39 is 0 Å². The molecule has 2 amide bonds. The first kappa shape index (κ1) is 18.2. The molecule has 1 aliphatic rings. The second kappa shape index (κ2) is 8.19. The Balaban J connectivity index is 1.61. The van der Waals surface area contributed by atoms with E-state index in [0.29, 0.717) is 30.3 Å². The standard InChI is InChI=1S/C19H22ClN3O3/c1-25-16-7-8-18(26-2)17(13-16)21-19(24)23-11-9-22(10-12-23)15-5-3-14(20)4-6-15/h3-8,13H,9-12H2,1-2H3,(H,21,24). The topological polar surface area (TPSA) is 54.0 Å². The van der Waals surface area contributed by atoms with Crippen molar-refractivity contribution in [3.63, 3.8) is 0 Å². The molecule has 0 bridgehead atoms. The largest absolute Gasteiger partial charge is 0.497 e. The molecule has 0 saturated carbocycles. The van der Waals surface area contributed by atoms with Crippen LogP contribution < -0.4 is 19.7 Å². The third-order valence-electron chi connectivity index (χ3n) is 4.41. The van der Waals surface area contributed by atoms with Crippen molar-refractivity contribution in [3.8, 4) is 11.5 Å². The number of carbonyl (C=O) groups is 1. The zero-order valence-corrected chi connectivity index (χ0v) is 15.6. The summed E-state index contributed by atoms with van der Waals surface area (Å²) in [6.45, 7) is 2.82. The van der Waals surface area contributed by atoms with Crippen molar-refractivity contribution in [2.45, 2.75) is 0 Å². The first-order chi connectivity index (χ1) is 12.6. The zero-order chi connectivity index (χ0) is 18.5. The van der Waals surface area contributed by atoms with Crippen LogP contribution in [0.3, 0.4) is 0 Å². The van der Waals surface area contributed by atoms with Crippen LogP contribution in [-0.2, 0) is 0 Å². The van der Waals surface area contributed by atoms with Gasteiger partial charge in [-0.3, -0.25) is 0 Å². The number of urea groups is 1. The average molecular weight is 376 g/mol. The predicted molar refractivity (Wildman–Crippen MR) is 104 cm³/mol. The molecule has 1 saturated heterocycles. The van der Waals surface area contributed by atoms with E-state index >= 15 is 0 Å². The summed E-state index contributed by atoms with van der Waals surface area (Å²) >= 11 is 5.94. The van der Waals surface area contributed by atoms with E-state index in [1.807, 2.05) is 24.3 Å². The quantitative estimate of drug-likeness (QED) is 0.885. The van der Waals surface area contributed by atoms with Crippen LogP contribution in [-0.4, -0.2) is 51.3 Å². The molecule has 3 rings (SSSR count). The van der Waals surface area contributed by atoms with Crippen molar-refractivity contribution in [1.29, 1.82) is 0 Å². The highest BCUT2D eigenvalue weighted by molar-refractivity contribution is 6.30. The number of methoxy groups -OCH3 is 2. The Kier molecular flexibility index (Phi) is 5.73. The lowest BCUT2D eigenvalue weighted by molar-refractivity contribution is 0.208. The van der Waals surface area contributed by atoms with Gasteiger partial charge in [0.1, 0.15) is 11.5 Å². The number of hydrogen-bond donors (Lipinski definition) is 1. The highest BCUT2D eigenvalue weighted by atomic mass is 35.5. The number of rotatable bonds is 4. The molecular formula is C19H22ClN3O3. The van der Waals surface area contributed by atoms with Crippen molar-refractivity contribution in [2.75, 3.05) is 50.6 Å². The third kappa shape index (κ3) is 4.14. The van der Waals surface area contributed by atoms with E-state index in [-0.39, 0.29) is 6.03 Å². The second-order valence-electron chi connectivity index (χ2n) is 5.95. The van der Waals surface area contributed by atoms with E-state index in [1.165, 1.54) is 0 Å². The van der Waals surface area contributed by atoms with Crippen LogP contribution in [0.4, 0.5) is 16.2 Å². The van der Waals surface area contributed by atoms with Gasteiger partial charge in [-0.2, -0.15) is 0 Å². The predicted octanol–water partition coefficient (Wildman–Crippen LogP) is 3.71. The molecular weight excluding hydrogens is 354 g/mol. The molecule has 2 aromatic carbocycles. The van der Waals surface area contributed by atoms with Crippen molar-refractivity contribution in [3.05, 3.63) is 47.5 Å². The summed E-state index contributed by atoms with van der Waals surface area (Å²) in [7, 11) is 3.16. The van der Waals surface area contributed by atoms with Gasteiger partial charge in [-0.05, 0) is 36.4 Å². The first-order valence-electron chi connectivity index (χ1n) is 8.39. The van der Waals surface area contributed by atoms with Gasteiger partial charge >= 0.3 is 6.03 Å². The molecule has 0 atom stereocenters. The Hall–Kier alpha value is -2.60. The highest BCUT2D eigenvalue weighted by Crippen LogP contribution is 2.29. The molecule has 0 aromatic heterocycles. The molecule has 26 heavy (non-hydrogen) atoms. The van der Waals surface area contributed by atoms with Gasteiger partial charge < -0.3 is 24.6 Å². The summed E-state index contributed by atoms with van der Waals surface area (Å²) in [5, 5.41) is 3.64. The van der Waals surface area contributed by atoms with Gasteiger partial charge in [-0.15, -0.1) is 0 Å². The van der Waals surface area contributed by atoms with Gasteiger partial charge in [0.15, 0.2) is 0 Å². The fourth-order valence-electron chi connectivity index (χ4n) is 2.93. The van der Waals surface area contributed by atoms with E-state index in [9.17, 15) is 4.79 Å². The van der Waals surface area contributed by atoms with E-state index in [2.05, 4.69) is 10.2 Å². The van der Waals surface area contributed by atoms with Crippen LogP contribution in [0.5, 0.6) is 11.5 Å². The number of ether oxygens (including phenoxy) is 2. The number of amides is 2. The summed E-state index contributed by atoms with van der Waals surface area (Å²) in [6.07, 6.45) is 0. The maximum Gasteiger partial charge on any atom is 0.322 e. The molecule has 0 spiro atoms. The van der Waals surface area contributed by atoms with Gasteiger partial charge in [0, 0.05) is 43.0 Å². The van der Waals surface area contributed by atoms with Crippen molar-refractivity contribution in [1.82, 2.24) is 4.90 Å². The monoisotopic (exact) mass is 375 g/mol. The number of halogens is 1. The summed E-state index contributed by atoms with van der Waals surface area (Å²) in [4.78, 5) is 16.6. The van der Waals surface area contributed by atoms with Crippen LogP contribution in [0.15, 0.2) is 42.5 Å². The van der Waals surface area contributed by atoms with Crippen LogP contribution in [0, 0.1) is 0 Å². The smallest absolute Gasteiger partial charge is 0.322 e. The number of carbonyl (C=O) groups excluding carboxylic acids is 1. The first-order valence-corrected chi connectivity index (χ1v) is 8.77. The Labute approximate surface area is 158 Å². The second-order valence-corrected chi connectivity index (χ2v) is 6.38. The highest BCUT2D eigenvalue weighted by Gasteiger charge is 2.22. The van der Waals surface area contributed by atoms with Crippen molar-refractivity contribution in [2.24, 2.45) is 0 Å². The summed E-state index contributed by atoms with van der Waals surface area (Å²) < 4.78 is 10.5. The van der Waals surface area contributed by atoms with Crippen LogP contribution in [0.1, 0.15) is 0 Å². The maximum atomic E-state index is 12.6. The number of nitrogens with zero attached hydrogens (tertiary/aromatic N) is 2. The normalized spacial score (nSPS) is 14.1. The molecule has 1 fully saturated rings. The lowest BCUT2D eigenvalue weighted by atomic mass is 10.2. The van der Waals surface area contributed by atoms with Gasteiger partial charge in [0.25, 0.3) is 0 Å². The fourth-order valence-corrected chi connectivity index (χ4v) is 3.05. The minimum absolute atomic E-state index is 0.146. The Bertz CT molecular complexity index is 759. The number of piperazine rings is 1. The molecule has 2 aromatic rings. The number of anilines is 2. The Morgan fingerprint density at radius 1 is 1.00 bits per heavy atom. The van der Waals surface area contributed by atoms with Gasteiger partial charge in [-0.25, -0.2) is 4.79 Å².